The number of aromatic nitrogens is 5. The van der Waals surface area contributed by atoms with E-state index >= 15 is 0 Å². The first-order valence-corrected chi connectivity index (χ1v) is 10.1. The number of nitrogens with one attached hydrogen (secondary N) is 1. The highest BCUT2D eigenvalue weighted by Gasteiger charge is 2.35. The second-order valence-corrected chi connectivity index (χ2v) is 7.95. The Balaban J connectivity index is 1.59. The molecule has 1 N–H and O–H groups in total. The van der Waals surface area contributed by atoms with Gasteiger partial charge in [-0.25, -0.2) is 9.37 Å². The smallest absolute Gasteiger partial charge is 0.296 e. The lowest BCUT2D eigenvalue weighted by molar-refractivity contribution is -0.139. The third kappa shape index (κ3) is 2.96. The fourth-order valence-corrected chi connectivity index (χ4v) is 4.11. The van der Waals surface area contributed by atoms with E-state index in [4.69, 9.17) is 4.98 Å². The van der Waals surface area contributed by atoms with E-state index in [2.05, 4.69) is 15.2 Å². The predicted octanol–water partition coefficient (Wildman–Crippen LogP) is 5.97. The molecule has 1 saturated carbocycles. The number of imidazole rings is 1. The number of halogens is 4. The van der Waals surface area contributed by atoms with Crippen LogP contribution >= 0.6 is 0 Å². The van der Waals surface area contributed by atoms with Crippen LogP contribution in [0.1, 0.15) is 30.0 Å². The zero-order valence-electron chi connectivity index (χ0n) is 16.5. The van der Waals surface area contributed by atoms with Gasteiger partial charge in [-0.15, -0.1) is 0 Å². The molecule has 2 aromatic carbocycles. The Hall–Kier alpha value is -3.75. The van der Waals surface area contributed by atoms with Gasteiger partial charge < -0.3 is 0 Å². The van der Waals surface area contributed by atoms with Crippen LogP contribution < -0.4 is 0 Å². The van der Waals surface area contributed by atoms with E-state index in [1.165, 1.54) is 12.3 Å². The van der Waals surface area contributed by atoms with Crippen LogP contribution in [-0.2, 0) is 6.18 Å². The van der Waals surface area contributed by atoms with Crippen LogP contribution in [0.4, 0.5) is 17.6 Å². The summed E-state index contributed by atoms with van der Waals surface area (Å²) in [5, 5.41) is 8.03. The maximum Gasteiger partial charge on any atom is 0.419 e. The molecule has 0 radical (unpaired) electrons. The highest BCUT2D eigenvalue weighted by molar-refractivity contribution is 5.94. The first-order chi connectivity index (χ1) is 15.4. The molecule has 0 atom stereocenters. The number of fused-ring (bicyclic) bond motifs is 2. The van der Waals surface area contributed by atoms with Gasteiger partial charge in [-0.05, 0) is 37.1 Å². The Morgan fingerprint density at radius 1 is 1.06 bits per heavy atom. The average molecular weight is 437 g/mol. The molecular weight excluding hydrogens is 422 g/mol. The zero-order chi connectivity index (χ0) is 22.0. The molecular formula is C23H15F4N5. The Kier molecular flexibility index (Phi) is 3.93. The van der Waals surface area contributed by atoms with E-state index in [9.17, 15) is 17.6 Å². The Bertz CT molecular complexity index is 1490. The van der Waals surface area contributed by atoms with Gasteiger partial charge in [0.1, 0.15) is 5.82 Å². The topological polar surface area (TPSA) is 58.9 Å². The highest BCUT2D eigenvalue weighted by Crippen LogP contribution is 2.45. The van der Waals surface area contributed by atoms with Gasteiger partial charge in [-0.1, -0.05) is 12.1 Å². The molecule has 5 nitrogen and oxygen atoms in total. The lowest BCUT2D eigenvalue weighted by atomic mass is 10.0. The van der Waals surface area contributed by atoms with Crippen LogP contribution in [0.2, 0.25) is 0 Å². The summed E-state index contributed by atoms with van der Waals surface area (Å²) in [6.45, 7) is 0. The van der Waals surface area contributed by atoms with Crippen LogP contribution in [0.25, 0.3) is 39.1 Å². The van der Waals surface area contributed by atoms with E-state index in [1.54, 1.807) is 12.4 Å². The highest BCUT2D eigenvalue weighted by atomic mass is 19.4. The summed E-state index contributed by atoms with van der Waals surface area (Å²) in [7, 11) is 0. The number of nitrogens with zero attached hydrogens (tertiary/aromatic N) is 4. The molecule has 32 heavy (non-hydrogen) atoms. The molecule has 3 heterocycles. The van der Waals surface area contributed by atoms with Gasteiger partial charge in [0.15, 0.2) is 5.65 Å². The predicted molar refractivity (Wildman–Crippen MR) is 110 cm³/mol. The number of hydrogen-bond acceptors (Lipinski definition) is 3. The Morgan fingerprint density at radius 2 is 1.91 bits per heavy atom. The van der Waals surface area contributed by atoms with Crippen molar-refractivity contribution in [3.63, 3.8) is 0 Å². The van der Waals surface area contributed by atoms with Crippen LogP contribution in [0, 0.1) is 5.82 Å². The number of H-pyrrole nitrogens is 1. The van der Waals surface area contributed by atoms with Crippen molar-refractivity contribution in [3.8, 4) is 22.5 Å². The minimum absolute atomic E-state index is 0.176. The van der Waals surface area contributed by atoms with Gasteiger partial charge in [0.05, 0.1) is 40.6 Å². The summed E-state index contributed by atoms with van der Waals surface area (Å²) in [6.07, 6.45) is 2.22. The number of hydrogen-bond donors (Lipinski definition) is 1. The summed E-state index contributed by atoms with van der Waals surface area (Å²) in [5.74, 6) is -0.980. The summed E-state index contributed by atoms with van der Waals surface area (Å²) >= 11 is 0. The molecule has 0 unspecified atom stereocenters. The van der Waals surface area contributed by atoms with E-state index in [-0.39, 0.29) is 5.56 Å². The molecule has 0 aliphatic heterocycles. The standard InChI is InChI=1S/C23H15F4N5/c24-17-7-6-13(8-16(17)23(25,26)27)19-11-32-20(10-28-19)30-21(12-4-5-12)22(32)14-2-1-3-18-15(14)9-29-31-18/h1-3,6-12H,4-5H2,(H,29,31). The first-order valence-electron chi connectivity index (χ1n) is 10.1. The molecule has 0 amide bonds. The van der Waals surface area contributed by atoms with Crippen LogP contribution in [0.15, 0.2) is 55.0 Å². The van der Waals surface area contributed by atoms with Crippen molar-refractivity contribution in [2.24, 2.45) is 0 Å². The lowest BCUT2D eigenvalue weighted by Gasteiger charge is -2.11. The first kappa shape index (κ1) is 19.0. The van der Waals surface area contributed by atoms with Crippen molar-refractivity contribution >= 4 is 16.6 Å². The van der Waals surface area contributed by atoms with Crippen molar-refractivity contribution in [2.75, 3.05) is 0 Å². The van der Waals surface area contributed by atoms with Crippen molar-refractivity contribution < 1.29 is 17.6 Å². The van der Waals surface area contributed by atoms with Gasteiger partial charge in [-0.3, -0.25) is 14.5 Å². The Morgan fingerprint density at radius 3 is 2.69 bits per heavy atom. The average Bonchev–Trinajstić information content (AvgIpc) is 3.37. The number of alkyl halides is 3. The van der Waals surface area contributed by atoms with Crippen LogP contribution in [0.3, 0.4) is 0 Å². The zero-order valence-corrected chi connectivity index (χ0v) is 16.5. The van der Waals surface area contributed by atoms with E-state index < -0.39 is 17.6 Å². The van der Waals surface area contributed by atoms with Crippen LogP contribution in [-0.4, -0.2) is 24.6 Å². The molecule has 3 aromatic heterocycles. The van der Waals surface area contributed by atoms with Crippen molar-refractivity contribution in [1.29, 1.82) is 0 Å². The number of aromatic amines is 1. The molecule has 160 valence electrons. The summed E-state index contributed by atoms with van der Waals surface area (Å²) < 4.78 is 55.3. The van der Waals surface area contributed by atoms with Gasteiger partial charge in [0, 0.05) is 28.6 Å². The van der Waals surface area contributed by atoms with Gasteiger partial charge >= 0.3 is 6.18 Å². The van der Waals surface area contributed by atoms with Crippen molar-refractivity contribution in [1.82, 2.24) is 24.6 Å². The number of rotatable bonds is 3. The molecule has 1 aliphatic carbocycles. The molecule has 6 rings (SSSR count). The second-order valence-electron chi connectivity index (χ2n) is 7.95. The minimum atomic E-state index is -4.79. The van der Waals surface area contributed by atoms with E-state index in [1.807, 2.05) is 22.6 Å². The fourth-order valence-electron chi connectivity index (χ4n) is 4.11. The Labute approximate surface area is 178 Å². The molecule has 0 spiro atoms. The summed E-state index contributed by atoms with van der Waals surface area (Å²) in [5.41, 5.74) is 3.37. The summed E-state index contributed by atoms with van der Waals surface area (Å²) in [6, 6.07) is 8.74. The maximum absolute atomic E-state index is 13.8. The van der Waals surface area contributed by atoms with Crippen molar-refractivity contribution in [3.05, 3.63) is 72.1 Å². The molecule has 0 saturated heterocycles. The summed E-state index contributed by atoms with van der Waals surface area (Å²) in [4.78, 5) is 9.10. The van der Waals surface area contributed by atoms with E-state index in [0.717, 1.165) is 52.8 Å². The van der Waals surface area contributed by atoms with Crippen molar-refractivity contribution in [2.45, 2.75) is 24.9 Å². The second kappa shape index (κ2) is 6.62. The molecule has 9 heteroatoms. The molecule has 5 aromatic rings. The van der Waals surface area contributed by atoms with E-state index in [0.29, 0.717) is 17.3 Å². The largest absolute Gasteiger partial charge is 0.419 e. The van der Waals surface area contributed by atoms with Gasteiger partial charge in [-0.2, -0.15) is 18.3 Å². The van der Waals surface area contributed by atoms with Gasteiger partial charge in [0.25, 0.3) is 0 Å². The number of benzene rings is 2. The molecule has 1 aliphatic rings. The maximum atomic E-state index is 13.8. The monoisotopic (exact) mass is 437 g/mol. The SMILES string of the molecule is Fc1ccc(-c2cn3c(-c4cccc5[nH]ncc45)c(C4CC4)nc3cn2)cc1C(F)(F)F. The normalized spacial score (nSPS) is 14.5. The lowest BCUT2D eigenvalue weighted by Crippen LogP contribution is -2.08. The fraction of sp³-hybridized carbons (Fsp3) is 0.174. The van der Waals surface area contributed by atoms with Gasteiger partial charge in [0.2, 0.25) is 0 Å². The minimum Gasteiger partial charge on any atom is -0.296 e. The molecule has 1 fully saturated rings. The third-order valence-electron chi connectivity index (χ3n) is 5.81. The third-order valence-corrected chi connectivity index (χ3v) is 5.81. The quantitative estimate of drug-likeness (QED) is 0.354. The van der Waals surface area contributed by atoms with Crippen LogP contribution in [0.5, 0.6) is 0 Å². The molecule has 0 bridgehead atoms.